The van der Waals surface area contributed by atoms with Gasteiger partial charge in [0.15, 0.2) is 5.75 Å². The van der Waals surface area contributed by atoms with Crippen molar-refractivity contribution in [2.24, 2.45) is 0 Å². The number of nitrogens with two attached hydrogens (primary N) is 1. The third-order valence-electron chi connectivity index (χ3n) is 2.55. The van der Waals surface area contributed by atoms with Crippen molar-refractivity contribution < 1.29 is 27.8 Å². The number of aliphatic hydroxyl groups excluding tert-OH is 1. The molecule has 0 saturated heterocycles. The number of nitrogen functional groups attached to an aromatic ring is 1. The molecular weight excluding hydrogens is 277 g/mol. The van der Waals surface area contributed by atoms with E-state index >= 15 is 0 Å². The van der Waals surface area contributed by atoms with Crippen molar-refractivity contribution in [3.63, 3.8) is 0 Å². The van der Waals surface area contributed by atoms with Gasteiger partial charge in [-0.25, -0.2) is 0 Å². The number of amides is 1. The fourth-order valence-electron chi connectivity index (χ4n) is 1.45. The van der Waals surface area contributed by atoms with E-state index < -0.39 is 24.1 Å². The first-order valence-electron chi connectivity index (χ1n) is 5.83. The lowest BCUT2D eigenvalue weighted by Crippen LogP contribution is -2.36. The summed E-state index contributed by atoms with van der Waals surface area (Å²) < 4.78 is 39.9. The van der Waals surface area contributed by atoms with Crippen LogP contribution in [0.5, 0.6) is 5.75 Å². The molecular formula is C12H15F3N2O3. The van der Waals surface area contributed by atoms with Crippen molar-refractivity contribution in [2.75, 3.05) is 12.3 Å². The normalized spacial score (nSPS) is 12.8. The summed E-state index contributed by atoms with van der Waals surface area (Å²) in [7, 11) is 0. The molecule has 0 bridgehead atoms. The third-order valence-corrected chi connectivity index (χ3v) is 2.55. The zero-order valence-corrected chi connectivity index (χ0v) is 10.7. The minimum Gasteiger partial charge on any atom is -0.404 e. The highest BCUT2D eigenvalue weighted by molar-refractivity contribution is 5.95. The van der Waals surface area contributed by atoms with E-state index in [4.69, 9.17) is 10.8 Å². The Kier molecular flexibility index (Phi) is 5.20. The van der Waals surface area contributed by atoms with E-state index in [9.17, 15) is 18.0 Å². The number of carbonyl (C=O) groups excluding carboxylic acids is 1. The summed E-state index contributed by atoms with van der Waals surface area (Å²) in [4.78, 5) is 11.8. The molecule has 0 saturated carbocycles. The second-order valence-corrected chi connectivity index (χ2v) is 4.06. The van der Waals surface area contributed by atoms with Gasteiger partial charge in [-0.1, -0.05) is 6.92 Å². The van der Waals surface area contributed by atoms with Crippen LogP contribution in [0.1, 0.15) is 23.7 Å². The number of halogens is 3. The first kappa shape index (κ1) is 16.1. The van der Waals surface area contributed by atoms with Crippen molar-refractivity contribution in [2.45, 2.75) is 25.7 Å². The minimum absolute atomic E-state index is 0.0870. The number of carbonyl (C=O) groups is 1. The van der Waals surface area contributed by atoms with E-state index in [1.165, 1.54) is 0 Å². The summed E-state index contributed by atoms with van der Waals surface area (Å²) >= 11 is 0. The number of hydrogen-bond donors (Lipinski definition) is 3. The van der Waals surface area contributed by atoms with Gasteiger partial charge in [-0.3, -0.25) is 4.79 Å². The Labute approximate surface area is 113 Å². The summed E-state index contributed by atoms with van der Waals surface area (Å²) in [6.45, 7) is 1.54. The molecule has 1 rings (SSSR count). The molecule has 0 aliphatic carbocycles. The van der Waals surface area contributed by atoms with Crippen LogP contribution in [0.2, 0.25) is 0 Å². The van der Waals surface area contributed by atoms with Crippen molar-refractivity contribution in [1.29, 1.82) is 0 Å². The predicted octanol–water partition coefficient (Wildman–Crippen LogP) is 1.67. The lowest BCUT2D eigenvalue weighted by Gasteiger charge is -2.15. The molecule has 1 aromatic carbocycles. The van der Waals surface area contributed by atoms with Crippen LogP contribution in [0.3, 0.4) is 0 Å². The number of nitrogens with one attached hydrogen (secondary N) is 1. The van der Waals surface area contributed by atoms with E-state index in [0.29, 0.717) is 6.42 Å². The number of aliphatic hydroxyl groups is 1. The molecule has 0 spiro atoms. The molecule has 0 heterocycles. The van der Waals surface area contributed by atoms with Crippen LogP contribution in [0.15, 0.2) is 18.2 Å². The molecule has 0 radical (unpaired) electrons. The number of alkyl halides is 3. The van der Waals surface area contributed by atoms with Gasteiger partial charge in [0.1, 0.15) is 0 Å². The van der Waals surface area contributed by atoms with Crippen LogP contribution in [-0.2, 0) is 0 Å². The van der Waals surface area contributed by atoms with E-state index in [1.54, 1.807) is 6.92 Å². The van der Waals surface area contributed by atoms with Gasteiger partial charge in [-0.05, 0) is 24.6 Å². The van der Waals surface area contributed by atoms with Crippen LogP contribution in [0, 0.1) is 0 Å². The quantitative estimate of drug-likeness (QED) is 0.721. The summed E-state index contributed by atoms with van der Waals surface area (Å²) in [6, 6.07) is 2.80. The highest BCUT2D eigenvalue weighted by Gasteiger charge is 2.32. The Hall–Kier alpha value is -1.96. The molecule has 1 aromatic rings. The second-order valence-electron chi connectivity index (χ2n) is 4.06. The first-order chi connectivity index (χ1) is 9.26. The zero-order chi connectivity index (χ0) is 15.3. The molecule has 112 valence electrons. The SMILES string of the molecule is CCC(CO)NC(=O)c1ccc(OC(F)(F)F)c(N)c1. The molecule has 0 aliphatic rings. The van der Waals surface area contributed by atoms with Crippen molar-refractivity contribution in [1.82, 2.24) is 5.32 Å². The summed E-state index contributed by atoms with van der Waals surface area (Å²) in [5.74, 6) is -1.10. The summed E-state index contributed by atoms with van der Waals surface area (Å²) in [5.41, 5.74) is 5.20. The molecule has 5 nitrogen and oxygen atoms in total. The maximum atomic E-state index is 12.1. The fraction of sp³-hybridized carbons (Fsp3) is 0.417. The smallest absolute Gasteiger partial charge is 0.404 e. The monoisotopic (exact) mass is 292 g/mol. The standard InChI is InChI=1S/C12H15F3N2O3/c1-2-8(6-18)17-11(19)7-3-4-10(9(16)5-7)20-12(13,14)15/h3-5,8,18H,2,6,16H2,1H3,(H,17,19). The third kappa shape index (κ3) is 4.61. The number of hydrogen-bond acceptors (Lipinski definition) is 4. The minimum atomic E-state index is -4.85. The molecule has 0 aromatic heterocycles. The van der Waals surface area contributed by atoms with Gasteiger partial charge in [-0.2, -0.15) is 0 Å². The Bertz CT molecular complexity index is 474. The van der Waals surface area contributed by atoms with Crippen molar-refractivity contribution >= 4 is 11.6 Å². The van der Waals surface area contributed by atoms with Gasteiger partial charge in [0.25, 0.3) is 5.91 Å². The zero-order valence-electron chi connectivity index (χ0n) is 10.7. The average molecular weight is 292 g/mol. The number of rotatable bonds is 5. The summed E-state index contributed by atoms with van der Waals surface area (Å²) in [5, 5.41) is 11.5. The second kappa shape index (κ2) is 6.47. The van der Waals surface area contributed by atoms with Crippen LogP contribution in [0.4, 0.5) is 18.9 Å². The van der Waals surface area contributed by atoms with Gasteiger partial charge in [-0.15, -0.1) is 13.2 Å². The molecule has 1 unspecified atom stereocenters. The molecule has 20 heavy (non-hydrogen) atoms. The van der Waals surface area contributed by atoms with Crippen LogP contribution in [-0.4, -0.2) is 30.0 Å². The largest absolute Gasteiger partial charge is 0.573 e. The van der Waals surface area contributed by atoms with Crippen LogP contribution < -0.4 is 15.8 Å². The van der Waals surface area contributed by atoms with Gasteiger partial charge in [0, 0.05) is 5.56 Å². The average Bonchev–Trinajstić information content (AvgIpc) is 2.36. The molecule has 1 amide bonds. The van der Waals surface area contributed by atoms with E-state index in [-0.39, 0.29) is 17.9 Å². The first-order valence-corrected chi connectivity index (χ1v) is 5.83. The lowest BCUT2D eigenvalue weighted by atomic mass is 10.1. The Balaban J connectivity index is 2.84. The fourth-order valence-corrected chi connectivity index (χ4v) is 1.45. The van der Waals surface area contributed by atoms with E-state index in [0.717, 1.165) is 18.2 Å². The van der Waals surface area contributed by atoms with Gasteiger partial charge < -0.3 is 20.9 Å². The molecule has 4 N–H and O–H groups in total. The number of anilines is 1. The van der Waals surface area contributed by atoms with Gasteiger partial charge in [0.05, 0.1) is 18.3 Å². The van der Waals surface area contributed by atoms with Crippen molar-refractivity contribution in [3.05, 3.63) is 23.8 Å². The Morgan fingerprint density at radius 2 is 2.15 bits per heavy atom. The molecule has 0 aliphatic heterocycles. The highest BCUT2D eigenvalue weighted by atomic mass is 19.4. The Morgan fingerprint density at radius 1 is 1.50 bits per heavy atom. The van der Waals surface area contributed by atoms with Gasteiger partial charge in [0.2, 0.25) is 0 Å². The topological polar surface area (TPSA) is 84.6 Å². The molecule has 1 atom stereocenters. The predicted molar refractivity (Wildman–Crippen MR) is 66.2 cm³/mol. The maximum absolute atomic E-state index is 12.1. The number of benzene rings is 1. The Morgan fingerprint density at radius 3 is 2.60 bits per heavy atom. The van der Waals surface area contributed by atoms with Crippen LogP contribution in [0.25, 0.3) is 0 Å². The van der Waals surface area contributed by atoms with E-state index in [1.807, 2.05) is 0 Å². The number of ether oxygens (including phenoxy) is 1. The lowest BCUT2D eigenvalue weighted by molar-refractivity contribution is -0.274. The maximum Gasteiger partial charge on any atom is 0.573 e. The van der Waals surface area contributed by atoms with Crippen LogP contribution >= 0.6 is 0 Å². The molecule has 8 heteroatoms. The highest BCUT2D eigenvalue weighted by Crippen LogP contribution is 2.28. The van der Waals surface area contributed by atoms with Gasteiger partial charge >= 0.3 is 6.36 Å². The van der Waals surface area contributed by atoms with Crippen molar-refractivity contribution in [3.8, 4) is 5.75 Å². The molecule has 0 fully saturated rings. The van der Waals surface area contributed by atoms with E-state index in [2.05, 4.69) is 10.1 Å². The summed E-state index contributed by atoms with van der Waals surface area (Å²) in [6.07, 6.45) is -4.32.